The fourth-order valence-corrected chi connectivity index (χ4v) is 11.1. The van der Waals surface area contributed by atoms with Gasteiger partial charge in [0.05, 0.1) is 33.8 Å². The summed E-state index contributed by atoms with van der Waals surface area (Å²) in [5.41, 5.74) is 0. The molecule has 1 amide bonds. The number of hydrogen-bond donors (Lipinski definition) is 2. The summed E-state index contributed by atoms with van der Waals surface area (Å²) in [6, 6.07) is -0.857. The quantitative estimate of drug-likeness (QED) is 0.0205. The van der Waals surface area contributed by atoms with Crippen molar-refractivity contribution in [2.75, 3.05) is 40.9 Å². The number of ether oxygens (including phenoxy) is 1. The molecule has 0 fully saturated rings. The van der Waals surface area contributed by atoms with E-state index in [0.29, 0.717) is 17.4 Å². The highest BCUT2D eigenvalue weighted by Gasteiger charge is 2.30. The number of amides is 1. The van der Waals surface area contributed by atoms with Crippen molar-refractivity contribution < 1.29 is 37.3 Å². The maximum Gasteiger partial charge on any atom is 0.472 e. The van der Waals surface area contributed by atoms with Crippen molar-refractivity contribution in [2.45, 2.75) is 341 Å². The number of quaternary nitrogens is 1. The summed E-state index contributed by atoms with van der Waals surface area (Å²) < 4.78 is 30.9. The summed E-state index contributed by atoms with van der Waals surface area (Å²) in [4.78, 5) is 38.0. The maximum absolute atomic E-state index is 13.6. The van der Waals surface area contributed by atoms with Gasteiger partial charge in [-0.05, 0) is 109 Å². The van der Waals surface area contributed by atoms with Crippen molar-refractivity contribution in [1.29, 1.82) is 0 Å². The molecule has 3 unspecified atom stereocenters. The molecule has 0 aliphatic carbocycles. The molecule has 0 rings (SSSR count). The Bertz CT molecular complexity index is 1810. The third kappa shape index (κ3) is 67.2. The molecule has 0 aromatic carbocycles. The average Bonchev–Trinajstić information content (AvgIpc) is 3.70. The Morgan fingerprint density at radius 2 is 0.736 bits per heavy atom. The number of hydrogen-bond acceptors (Lipinski definition) is 6. The third-order valence-corrected chi connectivity index (χ3v) is 17.0. The number of nitrogens with zero attached hydrogens (tertiary/aromatic N) is 1. The molecule has 504 valence electrons. The molecule has 87 heavy (non-hydrogen) atoms. The predicted molar refractivity (Wildman–Crippen MR) is 378 cm³/mol. The van der Waals surface area contributed by atoms with Crippen LogP contribution >= 0.6 is 7.82 Å². The van der Waals surface area contributed by atoms with Crippen LogP contribution in [-0.2, 0) is 27.9 Å². The van der Waals surface area contributed by atoms with Crippen molar-refractivity contribution in [3.05, 3.63) is 97.2 Å². The van der Waals surface area contributed by atoms with Gasteiger partial charge >= 0.3 is 13.8 Å². The number of esters is 1. The molecule has 0 aromatic heterocycles. The first-order chi connectivity index (χ1) is 42.4. The third-order valence-electron chi connectivity index (χ3n) is 16.0. The van der Waals surface area contributed by atoms with Crippen molar-refractivity contribution in [1.82, 2.24) is 5.32 Å². The van der Waals surface area contributed by atoms with E-state index in [0.717, 1.165) is 109 Å². The van der Waals surface area contributed by atoms with E-state index in [1.54, 1.807) is 0 Å². The van der Waals surface area contributed by atoms with Crippen LogP contribution in [0.5, 0.6) is 0 Å². The lowest BCUT2D eigenvalue weighted by Crippen LogP contribution is -2.47. The summed E-state index contributed by atoms with van der Waals surface area (Å²) >= 11 is 0. The van der Waals surface area contributed by atoms with Gasteiger partial charge in [-0.1, -0.05) is 305 Å². The fourth-order valence-electron chi connectivity index (χ4n) is 10.4. The zero-order valence-electron chi connectivity index (χ0n) is 57.7. The molecule has 0 aromatic rings. The summed E-state index contributed by atoms with van der Waals surface area (Å²) in [5, 5.41) is 3.08. The van der Waals surface area contributed by atoms with Gasteiger partial charge in [-0.25, -0.2) is 4.57 Å². The summed E-state index contributed by atoms with van der Waals surface area (Å²) in [7, 11) is 1.49. The number of nitrogens with one attached hydrogen (secondary N) is 1. The number of rotatable bonds is 66. The molecule has 0 bridgehead atoms. The number of phosphoric ester groups is 1. The smallest absolute Gasteiger partial charge is 0.456 e. The molecule has 0 aliphatic heterocycles. The average molecular weight is 1240 g/mol. The first-order valence-corrected chi connectivity index (χ1v) is 38.1. The fraction of sp³-hybridized carbons (Fsp3) is 0.766. The SMILES string of the molecule is CC/C=C\C/C=C\C/C=C\C/C=C\C/C=C\CCCCCCCCCCCC(=O)OC(/C=C/CCCCCCCCCCCCC)C(COP(=O)(O)OCC[N+](C)(C)C)NC(=O)CCCCCCCCCCCCCCC/C=C\C/C=C\CCCCC. The predicted octanol–water partition coefficient (Wildman–Crippen LogP) is 23.5. The molecule has 0 saturated heterocycles. The lowest BCUT2D eigenvalue weighted by Gasteiger charge is -2.27. The van der Waals surface area contributed by atoms with Crippen molar-refractivity contribution in [3.63, 3.8) is 0 Å². The standard InChI is InChI=1S/C77H139N2O7P/c1-7-10-13-16-19-22-25-28-30-32-34-36-38-39-41-43-45-47-49-52-55-58-61-64-67-70-77(81)86-75(68-65-62-59-56-53-50-27-24-21-18-15-12-9-3)74(73-85-87(82,83)84-72-71-79(4,5)6)78-76(80)69-66-63-60-57-54-51-48-46-44-42-40-37-35-33-31-29-26-23-20-17-14-11-8-2/h10,13,19-20,22-23,28-31,34,36,39,41,65,68,74-75H,7-9,11-12,14-18,21,24-27,32-33,35,37-38,40,42-64,66-67,69-73H2,1-6H3,(H-,78,80,82,83)/p+1/b13-10-,22-19-,23-20-,30-28-,31-29-,36-34-,41-39-,68-65+. The van der Waals surface area contributed by atoms with Crippen molar-refractivity contribution in [3.8, 4) is 0 Å². The van der Waals surface area contributed by atoms with E-state index in [1.807, 2.05) is 33.3 Å². The Kier molecular flexibility index (Phi) is 63.5. The summed E-state index contributed by atoms with van der Waals surface area (Å²) in [6.45, 7) is 6.90. The molecule has 0 spiro atoms. The second kappa shape index (κ2) is 65.9. The van der Waals surface area contributed by atoms with E-state index < -0.39 is 20.0 Å². The lowest BCUT2D eigenvalue weighted by atomic mass is 10.0. The van der Waals surface area contributed by atoms with Crippen molar-refractivity contribution in [2.24, 2.45) is 0 Å². The zero-order valence-corrected chi connectivity index (χ0v) is 58.6. The van der Waals surface area contributed by atoms with Crippen LogP contribution in [0.4, 0.5) is 0 Å². The Balaban J connectivity index is 5.09. The Labute approximate surface area is 538 Å². The van der Waals surface area contributed by atoms with Gasteiger partial charge in [-0.2, -0.15) is 0 Å². The van der Waals surface area contributed by atoms with E-state index in [4.69, 9.17) is 13.8 Å². The number of carbonyl (C=O) groups is 2. The van der Waals surface area contributed by atoms with Crippen molar-refractivity contribution >= 4 is 19.7 Å². The van der Waals surface area contributed by atoms with Crippen LogP contribution in [0, 0.1) is 0 Å². The van der Waals surface area contributed by atoms with E-state index in [-0.39, 0.29) is 31.5 Å². The largest absolute Gasteiger partial charge is 0.472 e. The van der Waals surface area contributed by atoms with Crippen LogP contribution in [0.3, 0.4) is 0 Å². The lowest BCUT2D eigenvalue weighted by molar-refractivity contribution is -0.870. The van der Waals surface area contributed by atoms with Crippen LogP contribution in [0.2, 0.25) is 0 Å². The summed E-state index contributed by atoms with van der Waals surface area (Å²) in [5.74, 6) is -0.506. The molecule has 0 saturated carbocycles. The molecule has 10 heteroatoms. The monoisotopic (exact) mass is 1240 g/mol. The van der Waals surface area contributed by atoms with E-state index in [9.17, 15) is 19.0 Å². The molecule has 9 nitrogen and oxygen atoms in total. The topological polar surface area (TPSA) is 111 Å². The molecular formula is C77H140N2O7P+. The van der Waals surface area contributed by atoms with Gasteiger partial charge in [0.1, 0.15) is 19.3 Å². The highest BCUT2D eigenvalue weighted by molar-refractivity contribution is 7.47. The van der Waals surface area contributed by atoms with Gasteiger partial charge in [-0.15, -0.1) is 0 Å². The second-order valence-corrected chi connectivity index (χ2v) is 27.2. The number of likely N-dealkylation sites (N-methyl/N-ethyl adjacent to an activating group) is 1. The number of allylic oxidation sites excluding steroid dienone is 15. The number of phosphoric acid groups is 1. The minimum absolute atomic E-state index is 0.0362. The van der Waals surface area contributed by atoms with Crippen LogP contribution in [0.1, 0.15) is 329 Å². The first kappa shape index (κ1) is 83.9. The number of unbranched alkanes of at least 4 members (excludes halogenated alkanes) is 36. The van der Waals surface area contributed by atoms with Gasteiger partial charge in [0.25, 0.3) is 0 Å². The molecule has 0 heterocycles. The molecule has 0 radical (unpaired) electrons. The van der Waals surface area contributed by atoms with Crippen LogP contribution in [0.25, 0.3) is 0 Å². The van der Waals surface area contributed by atoms with Gasteiger partial charge in [-0.3, -0.25) is 18.6 Å². The Morgan fingerprint density at radius 1 is 0.414 bits per heavy atom. The van der Waals surface area contributed by atoms with Gasteiger partial charge < -0.3 is 19.4 Å². The first-order valence-electron chi connectivity index (χ1n) is 36.6. The minimum Gasteiger partial charge on any atom is -0.456 e. The normalized spacial score (nSPS) is 14.1. The minimum atomic E-state index is -4.46. The van der Waals surface area contributed by atoms with Crippen LogP contribution < -0.4 is 5.32 Å². The molecule has 3 atom stereocenters. The Hall–Kier alpha value is -3.07. The number of carbonyl (C=O) groups excluding carboxylic acids is 2. The highest BCUT2D eigenvalue weighted by Crippen LogP contribution is 2.43. The summed E-state index contributed by atoms with van der Waals surface area (Å²) in [6.07, 6.45) is 89.9. The van der Waals surface area contributed by atoms with E-state index in [1.165, 1.54) is 186 Å². The Morgan fingerprint density at radius 3 is 1.13 bits per heavy atom. The maximum atomic E-state index is 13.6. The van der Waals surface area contributed by atoms with Crippen LogP contribution in [-0.4, -0.2) is 74.3 Å². The van der Waals surface area contributed by atoms with E-state index >= 15 is 0 Å². The second-order valence-electron chi connectivity index (χ2n) is 25.7. The van der Waals surface area contributed by atoms with Gasteiger partial charge in [0, 0.05) is 12.8 Å². The highest BCUT2D eigenvalue weighted by atomic mass is 31.2. The zero-order chi connectivity index (χ0) is 63.5. The molecular weight excluding hydrogens is 1100 g/mol. The van der Waals surface area contributed by atoms with Crippen LogP contribution in [0.15, 0.2) is 97.2 Å². The van der Waals surface area contributed by atoms with E-state index in [2.05, 4.69) is 111 Å². The van der Waals surface area contributed by atoms with Gasteiger partial charge in [0.15, 0.2) is 0 Å². The molecule has 2 N–H and O–H groups in total. The molecule has 0 aliphatic rings. The van der Waals surface area contributed by atoms with Gasteiger partial charge in [0.2, 0.25) is 5.91 Å².